The van der Waals surface area contributed by atoms with E-state index in [-0.39, 0.29) is 5.56 Å². The quantitative estimate of drug-likeness (QED) is 0.775. The number of para-hydroxylation sites is 1. The molecule has 1 aromatic carbocycles. The van der Waals surface area contributed by atoms with Crippen molar-refractivity contribution in [2.45, 2.75) is 6.54 Å². The predicted molar refractivity (Wildman–Crippen MR) is 82.8 cm³/mol. The van der Waals surface area contributed by atoms with E-state index in [2.05, 4.69) is 43.5 Å². The highest BCUT2D eigenvalue weighted by Crippen LogP contribution is 2.19. The Balaban J connectivity index is 1.83. The van der Waals surface area contributed by atoms with E-state index >= 15 is 0 Å². The molecule has 0 aliphatic carbocycles. The molecular weight excluding hydrogens is 320 g/mol. The van der Waals surface area contributed by atoms with Crippen LogP contribution in [0.3, 0.4) is 0 Å². The largest absolute Gasteiger partial charge is 0.377 e. The highest BCUT2D eigenvalue weighted by Gasteiger charge is 2.07. The Kier molecular flexibility index (Phi) is 3.31. The standard InChI is InChI=1S/C14H13BrN4O/c1-19-14(20)13(15)12(8-17-19)16-7-10-6-9-4-2-3-5-11(9)18-10/h2-6,8,16,18H,7H2,1H3. The van der Waals surface area contributed by atoms with Crippen molar-refractivity contribution < 1.29 is 0 Å². The minimum Gasteiger partial charge on any atom is -0.377 e. The van der Waals surface area contributed by atoms with Crippen molar-refractivity contribution in [1.29, 1.82) is 0 Å². The van der Waals surface area contributed by atoms with Crippen molar-refractivity contribution in [2.75, 3.05) is 5.32 Å². The van der Waals surface area contributed by atoms with Crippen LogP contribution in [0.15, 0.2) is 45.8 Å². The van der Waals surface area contributed by atoms with Gasteiger partial charge in [0, 0.05) is 18.3 Å². The number of aromatic amines is 1. The molecule has 0 unspecified atom stereocenters. The number of nitrogens with zero attached hydrogens (tertiary/aromatic N) is 2. The van der Waals surface area contributed by atoms with Gasteiger partial charge >= 0.3 is 0 Å². The third-order valence-electron chi connectivity index (χ3n) is 3.13. The first-order valence-corrected chi connectivity index (χ1v) is 6.97. The molecule has 0 saturated carbocycles. The summed E-state index contributed by atoms with van der Waals surface area (Å²) < 4.78 is 1.78. The van der Waals surface area contributed by atoms with E-state index in [4.69, 9.17) is 0 Å². The summed E-state index contributed by atoms with van der Waals surface area (Å²) in [5.41, 5.74) is 2.68. The zero-order chi connectivity index (χ0) is 14.1. The maximum absolute atomic E-state index is 11.7. The Bertz CT molecular complexity index is 788. The highest BCUT2D eigenvalue weighted by molar-refractivity contribution is 9.10. The van der Waals surface area contributed by atoms with Crippen molar-refractivity contribution in [3.8, 4) is 0 Å². The second-order valence-corrected chi connectivity index (χ2v) is 5.33. The Morgan fingerprint density at radius 1 is 1.40 bits per heavy atom. The van der Waals surface area contributed by atoms with E-state index in [0.717, 1.165) is 11.2 Å². The number of hydrogen-bond acceptors (Lipinski definition) is 3. The van der Waals surface area contributed by atoms with Crippen LogP contribution in [-0.2, 0) is 13.6 Å². The number of rotatable bonds is 3. The number of H-pyrrole nitrogens is 1. The average Bonchev–Trinajstić information content (AvgIpc) is 2.87. The summed E-state index contributed by atoms with van der Waals surface area (Å²) in [4.78, 5) is 15.1. The molecule has 20 heavy (non-hydrogen) atoms. The smallest absolute Gasteiger partial charge is 0.282 e. The molecule has 0 spiro atoms. The maximum Gasteiger partial charge on any atom is 0.282 e. The van der Waals surface area contributed by atoms with Gasteiger partial charge in [0.05, 0.1) is 18.4 Å². The van der Waals surface area contributed by atoms with Crippen LogP contribution in [-0.4, -0.2) is 14.8 Å². The topological polar surface area (TPSA) is 62.7 Å². The summed E-state index contributed by atoms with van der Waals surface area (Å²) in [6.45, 7) is 0.599. The van der Waals surface area contributed by atoms with Gasteiger partial charge in [-0.15, -0.1) is 0 Å². The summed E-state index contributed by atoms with van der Waals surface area (Å²) in [5.74, 6) is 0. The van der Waals surface area contributed by atoms with Gasteiger partial charge in [-0.1, -0.05) is 18.2 Å². The van der Waals surface area contributed by atoms with Gasteiger partial charge in [0.15, 0.2) is 0 Å². The summed E-state index contributed by atoms with van der Waals surface area (Å²) >= 11 is 3.29. The molecule has 2 aromatic heterocycles. The molecule has 0 radical (unpaired) electrons. The highest BCUT2D eigenvalue weighted by atomic mass is 79.9. The molecule has 3 aromatic rings. The van der Waals surface area contributed by atoms with Crippen LogP contribution in [0.4, 0.5) is 5.69 Å². The monoisotopic (exact) mass is 332 g/mol. The number of anilines is 1. The summed E-state index contributed by atoms with van der Waals surface area (Å²) in [5, 5.41) is 8.37. The lowest BCUT2D eigenvalue weighted by Gasteiger charge is -2.07. The average molecular weight is 333 g/mol. The molecule has 6 heteroatoms. The molecule has 0 aliphatic heterocycles. The fourth-order valence-electron chi connectivity index (χ4n) is 2.05. The first-order valence-electron chi connectivity index (χ1n) is 6.17. The molecule has 0 saturated heterocycles. The Labute approximate surface area is 123 Å². The van der Waals surface area contributed by atoms with Crippen LogP contribution in [0.1, 0.15) is 5.69 Å². The molecule has 102 valence electrons. The van der Waals surface area contributed by atoms with Gasteiger partial charge in [-0.25, -0.2) is 4.68 Å². The number of hydrogen-bond donors (Lipinski definition) is 2. The third kappa shape index (κ3) is 2.34. The molecule has 0 atom stereocenters. The molecule has 3 rings (SSSR count). The molecule has 2 heterocycles. The van der Waals surface area contributed by atoms with E-state index in [0.29, 0.717) is 16.7 Å². The maximum atomic E-state index is 11.7. The number of aromatic nitrogens is 3. The molecule has 0 bridgehead atoms. The number of nitrogens with one attached hydrogen (secondary N) is 2. The van der Waals surface area contributed by atoms with Crippen molar-refractivity contribution >= 4 is 32.5 Å². The second kappa shape index (κ2) is 5.13. The summed E-state index contributed by atoms with van der Waals surface area (Å²) in [6, 6.07) is 10.2. The van der Waals surface area contributed by atoms with Gasteiger partial charge in [-0.3, -0.25) is 4.79 Å². The predicted octanol–water partition coefficient (Wildman–Crippen LogP) is 2.64. The normalized spacial score (nSPS) is 10.9. The first-order chi connectivity index (χ1) is 9.65. The van der Waals surface area contributed by atoms with Crippen LogP contribution in [0.2, 0.25) is 0 Å². The molecule has 2 N–H and O–H groups in total. The number of aryl methyl sites for hydroxylation is 1. The first kappa shape index (κ1) is 12.9. The molecule has 5 nitrogen and oxygen atoms in total. The molecular formula is C14H13BrN4O. The summed E-state index contributed by atoms with van der Waals surface area (Å²) in [7, 11) is 1.62. The van der Waals surface area contributed by atoms with Gasteiger partial charge < -0.3 is 10.3 Å². The van der Waals surface area contributed by atoms with Gasteiger partial charge in [-0.05, 0) is 33.4 Å². The zero-order valence-electron chi connectivity index (χ0n) is 10.9. The number of halogens is 1. The third-order valence-corrected chi connectivity index (χ3v) is 3.90. The summed E-state index contributed by atoms with van der Waals surface area (Å²) in [6.07, 6.45) is 1.63. The minimum absolute atomic E-state index is 0.161. The fourth-order valence-corrected chi connectivity index (χ4v) is 2.55. The zero-order valence-corrected chi connectivity index (χ0v) is 12.4. The lowest BCUT2D eigenvalue weighted by atomic mass is 10.2. The van der Waals surface area contributed by atoms with Gasteiger partial charge in [0.25, 0.3) is 5.56 Å². The molecule has 0 aliphatic rings. The van der Waals surface area contributed by atoms with Crippen molar-refractivity contribution in [3.63, 3.8) is 0 Å². The molecule has 0 amide bonds. The van der Waals surface area contributed by atoms with E-state index in [1.807, 2.05) is 18.2 Å². The van der Waals surface area contributed by atoms with E-state index in [9.17, 15) is 4.79 Å². The van der Waals surface area contributed by atoms with Gasteiger partial charge in [0.2, 0.25) is 0 Å². The van der Waals surface area contributed by atoms with E-state index in [1.54, 1.807) is 13.2 Å². The van der Waals surface area contributed by atoms with Crippen LogP contribution in [0, 0.1) is 0 Å². The second-order valence-electron chi connectivity index (χ2n) is 4.54. The van der Waals surface area contributed by atoms with Gasteiger partial charge in [-0.2, -0.15) is 5.10 Å². The number of benzene rings is 1. The Morgan fingerprint density at radius 2 is 2.20 bits per heavy atom. The van der Waals surface area contributed by atoms with Crippen molar-refractivity contribution in [1.82, 2.24) is 14.8 Å². The van der Waals surface area contributed by atoms with Crippen LogP contribution in [0.5, 0.6) is 0 Å². The lowest BCUT2D eigenvalue weighted by Crippen LogP contribution is -2.21. The SMILES string of the molecule is Cn1ncc(NCc2cc3ccccc3[nH]2)c(Br)c1=O. The van der Waals surface area contributed by atoms with Crippen LogP contribution < -0.4 is 10.9 Å². The van der Waals surface area contributed by atoms with Crippen LogP contribution >= 0.6 is 15.9 Å². The minimum atomic E-state index is -0.161. The Hall–Kier alpha value is -2.08. The number of fused-ring (bicyclic) bond motifs is 1. The van der Waals surface area contributed by atoms with E-state index in [1.165, 1.54) is 10.1 Å². The Morgan fingerprint density at radius 3 is 3.00 bits per heavy atom. The van der Waals surface area contributed by atoms with Crippen molar-refractivity contribution in [2.24, 2.45) is 7.05 Å². The fraction of sp³-hybridized carbons (Fsp3) is 0.143. The van der Waals surface area contributed by atoms with Crippen molar-refractivity contribution in [3.05, 3.63) is 57.0 Å². The van der Waals surface area contributed by atoms with Crippen LogP contribution in [0.25, 0.3) is 10.9 Å². The lowest BCUT2D eigenvalue weighted by molar-refractivity contribution is 0.703. The van der Waals surface area contributed by atoms with Gasteiger partial charge in [0.1, 0.15) is 4.47 Å². The van der Waals surface area contributed by atoms with E-state index < -0.39 is 0 Å². The molecule has 0 fully saturated rings.